The number of alkyl halides is 3. The molecule has 0 aromatic heterocycles. The number of benzene rings is 3. The first-order chi connectivity index (χ1) is 18.5. The van der Waals surface area contributed by atoms with Crippen LogP contribution in [0.1, 0.15) is 23.6 Å². The monoisotopic (exact) mass is 533 g/mol. The highest BCUT2D eigenvalue weighted by Crippen LogP contribution is 2.34. The zero-order valence-electron chi connectivity index (χ0n) is 21.2. The Morgan fingerprint density at radius 1 is 0.923 bits per heavy atom. The Morgan fingerprint density at radius 3 is 2.05 bits per heavy atom. The molecule has 1 aliphatic rings. The van der Waals surface area contributed by atoms with E-state index in [1.165, 1.54) is 19.1 Å². The van der Waals surface area contributed by atoms with Crippen LogP contribution < -0.4 is 10.2 Å². The minimum absolute atomic E-state index is 0.00666. The van der Waals surface area contributed by atoms with Gasteiger partial charge in [-0.05, 0) is 60.5 Å². The summed E-state index contributed by atoms with van der Waals surface area (Å²) in [7, 11) is 0. The van der Waals surface area contributed by atoms with E-state index in [9.17, 15) is 23.1 Å². The van der Waals surface area contributed by atoms with Crippen molar-refractivity contribution in [2.24, 2.45) is 0 Å². The number of nitrogens with zero attached hydrogens (tertiary/aromatic N) is 4. The van der Waals surface area contributed by atoms with Crippen LogP contribution >= 0.6 is 0 Å². The first-order valence-corrected chi connectivity index (χ1v) is 12.2. The number of β-amino-alcohol motifs (C(OH)–C–C–N with tert-alkyl or cyclic N) is 1. The van der Waals surface area contributed by atoms with E-state index in [1.54, 1.807) is 12.1 Å². The quantitative estimate of drug-likeness (QED) is 0.479. The fraction of sp³-hybridized carbons (Fsp3) is 0.276. The summed E-state index contributed by atoms with van der Waals surface area (Å²) in [4.78, 5) is 16.9. The van der Waals surface area contributed by atoms with E-state index in [-0.39, 0.29) is 12.2 Å². The molecule has 1 aliphatic heterocycles. The maximum atomic E-state index is 13.2. The summed E-state index contributed by atoms with van der Waals surface area (Å²) < 4.78 is 39.7. The number of aliphatic hydroxyl groups is 1. The van der Waals surface area contributed by atoms with Crippen LogP contribution in [0.15, 0.2) is 66.7 Å². The smallest absolute Gasteiger partial charge is 0.379 e. The van der Waals surface area contributed by atoms with Gasteiger partial charge >= 0.3 is 6.18 Å². The highest BCUT2D eigenvalue weighted by Gasteiger charge is 2.36. The summed E-state index contributed by atoms with van der Waals surface area (Å²) in [6.07, 6.45) is -4.75. The lowest BCUT2D eigenvalue weighted by Crippen LogP contribution is -2.54. The average Bonchev–Trinajstić information content (AvgIpc) is 2.93. The molecule has 10 heteroatoms. The molecular formula is C29H26F3N5O2. The summed E-state index contributed by atoms with van der Waals surface area (Å²) in [6, 6.07) is 22.0. The molecule has 1 unspecified atom stereocenters. The molecule has 0 bridgehead atoms. The molecule has 4 rings (SSSR count). The van der Waals surface area contributed by atoms with E-state index in [4.69, 9.17) is 10.5 Å². The van der Waals surface area contributed by atoms with Crippen molar-refractivity contribution in [1.29, 1.82) is 10.5 Å². The summed E-state index contributed by atoms with van der Waals surface area (Å²) in [5.74, 6) is -0.832. The van der Waals surface area contributed by atoms with Gasteiger partial charge in [-0.3, -0.25) is 9.69 Å². The van der Waals surface area contributed by atoms with Crippen LogP contribution in [0.5, 0.6) is 0 Å². The Labute approximate surface area is 224 Å². The summed E-state index contributed by atoms with van der Waals surface area (Å²) in [5.41, 5.74) is -0.00199. The van der Waals surface area contributed by atoms with Crippen LogP contribution in [0.3, 0.4) is 0 Å². The Bertz CT molecular complexity index is 1410. The second-order valence-corrected chi connectivity index (χ2v) is 9.60. The van der Waals surface area contributed by atoms with Crippen molar-refractivity contribution in [3.63, 3.8) is 0 Å². The second kappa shape index (κ2) is 11.2. The van der Waals surface area contributed by atoms with Crippen LogP contribution in [0.2, 0.25) is 0 Å². The highest BCUT2D eigenvalue weighted by atomic mass is 19.4. The zero-order valence-corrected chi connectivity index (χ0v) is 21.2. The third kappa shape index (κ3) is 6.55. The Balaban J connectivity index is 1.33. The van der Waals surface area contributed by atoms with E-state index in [0.717, 1.165) is 22.9 Å². The summed E-state index contributed by atoms with van der Waals surface area (Å²) >= 11 is 0. The van der Waals surface area contributed by atoms with Gasteiger partial charge in [-0.1, -0.05) is 24.3 Å². The van der Waals surface area contributed by atoms with Crippen LogP contribution in [0.4, 0.5) is 24.5 Å². The molecule has 0 aliphatic carbocycles. The first-order valence-electron chi connectivity index (χ1n) is 12.2. The number of carbonyl (C=O) groups is 1. The van der Waals surface area contributed by atoms with Crippen molar-refractivity contribution in [2.45, 2.75) is 18.7 Å². The van der Waals surface area contributed by atoms with E-state index in [1.807, 2.05) is 41.3 Å². The van der Waals surface area contributed by atoms with Gasteiger partial charge in [0.1, 0.15) is 0 Å². The molecule has 1 fully saturated rings. The molecule has 1 saturated heterocycles. The van der Waals surface area contributed by atoms with Crippen molar-refractivity contribution in [2.75, 3.05) is 42.9 Å². The number of rotatable bonds is 6. The number of hydrogen-bond acceptors (Lipinski definition) is 6. The van der Waals surface area contributed by atoms with Crippen molar-refractivity contribution < 1.29 is 23.1 Å². The molecule has 0 spiro atoms. The normalized spacial score (nSPS) is 15.6. The van der Waals surface area contributed by atoms with E-state index in [0.29, 0.717) is 37.8 Å². The van der Waals surface area contributed by atoms with Gasteiger partial charge < -0.3 is 15.3 Å². The minimum Gasteiger partial charge on any atom is -0.379 e. The maximum absolute atomic E-state index is 13.2. The number of amides is 1. The van der Waals surface area contributed by atoms with E-state index < -0.39 is 28.8 Å². The number of carbonyl (C=O) groups excluding carboxylic acids is 1. The van der Waals surface area contributed by atoms with Crippen molar-refractivity contribution >= 4 is 17.3 Å². The Kier molecular flexibility index (Phi) is 7.91. The van der Waals surface area contributed by atoms with Gasteiger partial charge in [-0.2, -0.15) is 23.7 Å². The topological polar surface area (TPSA) is 103 Å². The lowest BCUT2D eigenvalue weighted by Gasteiger charge is -2.38. The van der Waals surface area contributed by atoms with Gasteiger partial charge in [-0.25, -0.2) is 0 Å². The fourth-order valence-corrected chi connectivity index (χ4v) is 4.49. The molecule has 0 saturated carbocycles. The standard InChI is InChI=1S/C29H26F3N5O2/c1-28(39,27(38)35-24-9-6-23(18-34)26(16-24)29(30,31)32)19-36-12-14-37(15-13-36)25-10-7-22(8-11-25)21-4-2-20(17-33)3-5-21/h2-11,16,39H,12-15,19H2,1H3,(H,35,38). The van der Waals surface area contributed by atoms with Gasteiger partial charge in [0.15, 0.2) is 5.60 Å². The number of hydrogen-bond donors (Lipinski definition) is 2. The van der Waals surface area contributed by atoms with Crippen LogP contribution in [-0.4, -0.2) is 54.2 Å². The number of halogens is 3. The first kappa shape index (κ1) is 27.6. The van der Waals surface area contributed by atoms with Gasteiger partial charge in [0.2, 0.25) is 0 Å². The molecule has 7 nitrogen and oxygen atoms in total. The van der Waals surface area contributed by atoms with Crippen molar-refractivity contribution in [3.05, 3.63) is 83.4 Å². The number of piperazine rings is 1. The minimum atomic E-state index is -4.75. The third-order valence-corrected chi connectivity index (χ3v) is 6.68. The molecule has 3 aromatic carbocycles. The lowest BCUT2D eigenvalue weighted by molar-refractivity contribution is -0.138. The third-order valence-electron chi connectivity index (χ3n) is 6.68. The predicted molar refractivity (Wildman–Crippen MR) is 141 cm³/mol. The maximum Gasteiger partial charge on any atom is 0.417 e. The molecule has 0 radical (unpaired) electrons. The molecule has 2 N–H and O–H groups in total. The average molecular weight is 534 g/mol. The number of nitriles is 2. The Morgan fingerprint density at radius 2 is 1.51 bits per heavy atom. The second-order valence-electron chi connectivity index (χ2n) is 9.60. The zero-order chi connectivity index (χ0) is 28.2. The number of anilines is 2. The highest BCUT2D eigenvalue weighted by molar-refractivity contribution is 5.97. The molecule has 1 heterocycles. The van der Waals surface area contributed by atoms with Crippen LogP contribution in [0.25, 0.3) is 11.1 Å². The predicted octanol–water partition coefficient (Wildman–Crippen LogP) is 4.63. The van der Waals surface area contributed by atoms with Gasteiger partial charge in [0.05, 0.1) is 28.8 Å². The molecule has 200 valence electrons. The van der Waals surface area contributed by atoms with Gasteiger partial charge in [-0.15, -0.1) is 0 Å². The van der Waals surface area contributed by atoms with Gasteiger partial charge in [0, 0.05) is 44.1 Å². The van der Waals surface area contributed by atoms with Crippen LogP contribution in [0, 0.1) is 22.7 Å². The largest absolute Gasteiger partial charge is 0.417 e. The van der Waals surface area contributed by atoms with E-state index >= 15 is 0 Å². The molecular weight excluding hydrogens is 507 g/mol. The Hall–Kier alpha value is -4.38. The SMILES string of the molecule is CC(O)(CN1CCN(c2ccc(-c3ccc(C#N)cc3)cc2)CC1)C(=O)Nc1ccc(C#N)c(C(F)(F)F)c1. The van der Waals surface area contributed by atoms with Crippen molar-refractivity contribution in [3.8, 4) is 23.3 Å². The molecule has 1 atom stereocenters. The van der Waals surface area contributed by atoms with Gasteiger partial charge in [0.25, 0.3) is 5.91 Å². The van der Waals surface area contributed by atoms with Crippen molar-refractivity contribution in [1.82, 2.24) is 4.90 Å². The number of nitrogens with one attached hydrogen (secondary N) is 1. The lowest BCUT2D eigenvalue weighted by atomic mass is 10.0. The molecule has 3 aromatic rings. The van der Waals surface area contributed by atoms with Crippen LogP contribution in [-0.2, 0) is 11.0 Å². The molecule has 39 heavy (non-hydrogen) atoms. The molecule has 1 amide bonds. The fourth-order valence-electron chi connectivity index (χ4n) is 4.49. The summed E-state index contributed by atoms with van der Waals surface area (Å²) in [6.45, 7) is 3.82. The van der Waals surface area contributed by atoms with E-state index in [2.05, 4.69) is 16.3 Å². The summed E-state index contributed by atoms with van der Waals surface area (Å²) in [5, 5.41) is 31.1.